The monoisotopic (exact) mass is 331 g/mol. The zero-order valence-corrected chi connectivity index (χ0v) is 12.9. The molecule has 1 fully saturated rings. The fourth-order valence-corrected chi connectivity index (χ4v) is 3.12. The second kappa shape index (κ2) is 5.67. The van der Waals surface area contributed by atoms with Crippen LogP contribution in [0.1, 0.15) is 17.6 Å². The Labute approximate surface area is 136 Å². The highest BCUT2D eigenvalue weighted by Gasteiger charge is 2.44. The van der Waals surface area contributed by atoms with Crippen molar-refractivity contribution < 1.29 is 24.5 Å². The molecule has 0 radical (unpaired) electrons. The van der Waals surface area contributed by atoms with E-state index in [0.717, 1.165) is 16.5 Å². The van der Waals surface area contributed by atoms with E-state index in [2.05, 4.69) is 15.0 Å². The van der Waals surface area contributed by atoms with E-state index in [9.17, 15) is 15.3 Å². The summed E-state index contributed by atoms with van der Waals surface area (Å²) in [6, 6.07) is 1.85. The Kier molecular flexibility index (Phi) is 3.61. The van der Waals surface area contributed by atoms with Crippen molar-refractivity contribution in [1.29, 1.82) is 0 Å². The van der Waals surface area contributed by atoms with Gasteiger partial charge in [0, 0.05) is 22.7 Å². The van der Waals surface area contributed by atoms with Gasteiger partial charge in [0.15, 0.2) is 5.82 Å². The Hall–Kier alpha value is -2.26. The van der Waals surface area contributed by atoms with Gasteiger partial charge < -0.3 is 29.5 Å². The number of rotatable bonds is 3. The maximum Gasteiger partial charge on any atom is 0.162 e. The number of fused-ring (bicyclic) bond motifs is 1. The number of aromatic nitrogens is 3. The third kappa shape index (κ3) is 2.23. The fraction of sp³-hybridized carbons (Fsp3) is 0.375. The van der Waals surface area contributed by atoms with Crippen molar-refractivity contribution in [3.8, 4) is 11.1 Å². The van der Waals surface area contributed by atoms with Crippen LogP contribution in [0, 0.1) is 6.92 Å². The van der Waals surface area contributed by atoms with Crippen LogP contribution in [0.15, 0.2) is 29.2 Å². The van der Waals surface area contributed by atoms with Gasteiger partial charge in [0.05, 0.1) is 24.8 Å². The molecule has 4 rings (SSSR count). The van der Waals surface area contributed by atoms with Gasteiger partial charge in [0.1, 0.15) is 30.1 Å². The lowest BCUT2D eigenvalue weighted by Crippen LogP contribution is -2.32. The van der Waals surface area contributed by atoms with Crippen molar-refractivity contribution in [2.75, 3.05) is 6.61 Å². The second-order valence-electron chi connectivity index (χ2n) is 5.86. The number of H-pyrrole nitrogens is 1. The molecular formula is C16H17N3O5. The van der Waals surface area contributed by atoms with E-state index in [-0.39, 0.29) is 12.4 Å². The molecule has 126 valence electrons. The first-order chi connectivity index (χ1) is 11.6. The first-order valence-electron chi connectivity index (χ1n) is 7.60. The predicted molar refractivity (Wildman–Crippen MR) is 83.0 cm³/mol. The van der Waals surface area contributed by atoms with Gasteiger partial charge in [-0.3, -0.25) is 0 Å². The van der Waals surface area contributed by atoms with Crippen molar-refractivity contribution >= 4 is 11.0 Å². The molecule has 8 heteroatoms. The average Bonchev–Trinajstić information content (AvgIpc) is 3.28. The molecule has 3 aromatic rings. The molecule has 24 heavy (non-hydrogen) atoms. The molecule has 4 heterocycles. The lowest BCUT2D eigenvalue weighted by atomic mass is 10.1. The van der Waals surface area contributed by atoms with E-state index in [0.29, 0.717) is 11.3 Å². The van der Waals surface area contributed by atoms with Gasteiger partial charge >= 0.3 is 0 Å². The van der Waals surface area contributed by atoms with Gasteiger partial charge in [-0.1, -0.05) is 0 Å². The summed E-state index contributed by atoms with van der Waals surface area (Å²) in [7, 11) is 0. The van der Waals surface area contributed by atoms with Crippen LogP contribution >= 0.6 is 0 Å². The maximum atomic E-state index is 10.1. The average molecular weight is 331 g/mol. The number of aryl methyl sites for hydroxylation is 1. The van der Waals surface area contributed by atoms with Crippen molar-refractivity contribution in [3.63, 3.8) is 0 Å². The Morgan fingerprint density at radius 2 is 2.08 bits per heavy atom. The van der Waals surface area contributed by atoms with E-state index in [1.165, 1.54) is 0 Å². The van der Waals surface area contributed by atoms with Crippen LogP contribution in [0.25, 0.3) is 22.2 Å². The molecule has 0 spiro atoms. The standard InChI is InChI=1S/C16H17N3O5/c1-7-11-9(8-2-3-23-6-8)4-17-15(11)19-16(18-7)14-13(22)12(21)10(5-20)24-14/h2-4,6,10,12-14,20-22H,5H2,1H3,(H,17,18,19)/t10-,12-,13-,14-/m1/s1. The Bertz CT molecular complexity index is 860. The number of nitrogens with zero attached hydrogens (tertiary/aromatic N) is 2. The summed E-state index contributed by atoms with van der Waals surface area (Å²) < 4.78 is 10.6. The van der Waals surface area contributed by atoms with E-state index in [1.807, 2.05) is 19.2 Å². The van der Waals surface area contributed by atoms with Crippen LogP contribution in [0.2, 0.25) is 0 Å². The zero-order chi connectivity index (χ0) is 16.8. The maximum absolute atomic E-state index is 10.1. The number of nitrogens with one attached hydrogen (secondary N) is 1. The summed E-state index contributed by atoms with van der Waals surface area (Å²) in [5.41, 5.74) is 3.15. The molecule has 4 atom stereocenters. The lowest BCUT2D eigenvalue weighted by Gasteiger charge is -2.14. The summed E-state index contributed by atoms with van der Waals surface area (Å²) in [4.78, 5) is 12.0. The molecule has 0 unspecified atom stereocenters. The number of hydrogen-bond donors (Lipinski definition) is 4. The first-order valence-corrected chi connectivity index (χ1v) is 7.60. The molecule has 4 N–H and O–H groups in total. The van der Waals surface area contributed by atoms with Crippen LogP contribution in [-0.4, -0.2) is 55.2 Å². The van der Waals surface area contributed by atoms with Gasteiger partial charge in [0.25, 0.3) is 0 Å². The number of aromatic amines is 1. The van der Waals surface area contributed by atoms with Gasteiger partial charge in [-0.25, -0.2) is 9.97 Å². The smallest absolute Gasteiger partial charge is 0.162 e. The van der Waals surface area contributed by atoms with E-state index in [4.69, 9.17) is 9.15 Å². The number of aliphatic hydroxyl groups is 3. The molecule has 8 nitrogen and oxygen atoms in total. The summed E-state index contributed by atoms with van der Waals surface area (Å²) >= 11 is 0. The highest BCUT2D eigenvalue weighted by Crippen LogP contribution is 2.35. The van der Waals surface area contributed by atoms with E-state index < -0.39 is 24.4 Å². The molecule has 0 amide bonds. The molecular weight excluding hydrogens is 314 g/mol. The van der Waals surface area contributed by atoms with Crippen LogP contribution in [0.3, 0.4) is 0 Å². The van der Waals surface area contributed by atoms with Crippen LogP contribution < -0.4 is 0 Å². The summed E-state index contributed by atoms with van der Waals surface area (Å²) in [5.74, 6) is 0.267. The SMILES string of the molecule is Cc1nc([C@@H]2O[C@H](CO)[C@@H](O)[C@H]2O)nc2[nH]cc(-c3ccoc3)c12. The van der Waals surface area contributed by atoms with Crippen LogP contribution in [0.4, 0.5) is 0 Å². The molecule has 1 saturated heterocycles. The molecule has 0 bridgehead atoms. The number of furan rings is 1. The Balaban J connectivity index is 1.77. The van der Waals surface area contributed by atoms with Crippen molar-refractivity contribution in [1.82, 2.24) is 15.0 Å². The van der Waals surface area contributed by atoms with Crippen LogP contribution in [0.5, 0.6) is 0 Å². The van der Waals surface area contributed by atoms with E-state index >= 15 is 0 Å². The largest absolute Gasteiger partial charge is 0.472 e. The fourth-order valence-electron chi connectivity index (χ4n) is 3.12. The van der Waals surface area contributed by atoms with Gasteiger partial charge in [-0.05, 0) is 13.0 Å². The minimum Gasteiger partial charge on any atom is -0.472 e. The molecule has 1 aliphatic rings. The summed E-state index contributed by atoms with van der Waals surface area (Å²) in [6.07, 6.45) is 0.945. The highest BCUT2D eigenvalue weighted by atomic mass is 16.6. The first kappa shape index (κ1) is 15.3. The third-order valence-electron chi connectivity index (χ3n) is 4.36. The zero-order valence-electron chi connectivity index (χ0n) is 12.9. The minimum absolute atomic E-state index is 0.267. The minimum atomic E-state index is -1.19. The molecule has 0 saturated carbocycles. The summed E-state index contributed by atoms with van der Waals surface area (Å²) in [6.45, 7) is 1.45. The van der Waals surface area contributed by atoms with Crippen molar-refractivity contribution in [2.45, 2.75) is 31.3 Å². The Morgan fingerprint density at radius 1 is 1.25 bits per heavy atom. The topological polar surface area (TPSA) is 125 Å². The molecule has 1 aliphatic heterocycles. The third-order valence-corrected chi connectivity index (χ3v) is 4.36. The number of aliphatic hydroxyl groups excluding tert-OH is 3. The Morgan fingerprint density at radius 3 is 2.75 bits per heavy atom. The van der Waals surface area contributed by atoms with Gasteiger partial charge in [-0.15, -0.1) is 0 Å². The van der Waals surface area contributed by atoms with Crippen molar-refractivity contribution in [3.05, 3.63) is 36.3 Å². The molecule has 3 aromatic heterocycles. The quantitative estimate of drug-likeness (QED) is 0.556. The predicted octanol–water partition coefficient (Wildman–Crippen LogP) is 0.680. The lowest BCUT2D eigenvalue weighted by molar-refractivity contribution is -0.0252. The number of ether oxygens (including phenoxy) is 1. The van der Waals surface area contributed by atoms with Crippen LogP contribution in [-0.2, 0) is 4.74 Å². The second-order valence-corrected chi connectivity index (χ2v) is 5.86. The van der Waals surface area contributed by atoms with Gasteiger partial charge in [-0.2, -0.15) is 0 Å². The summed E-state index contributed by atoms with van der Waals surface area (Å²) in [5, 5.41) is 30.1. The van der Waals surface area contributed by atoms with E-state index in [1.54, 1.807) is 12.5 Å². The van der Waals surface area contributed by atoms with Crippen molar-refractivity contribution in [2.24, 2.45) is 0 Å². The molecule has 0 aliphatic carbocycles. The highest BCUT2D eigenvalue weighted by molar-refractivity contribution is 5.95. The van der Waals surface area contributed by atoms with Gasteiger partial charge in [0.2, 0.25) is 0 Å². The normalized spacial score (nSPS) is 27.2. The number of hydrogen-bond acceptors (Lipinski definition) is 7. The molecule has 0 aromatic carbocycles.